The summed E-state index contributed by atoms with van der Waals surface area (Å²) in [5.41, 5.74) is 2.51. The van der Waals surface area contributed by atoms with Gasteiger partial charge in [-0.3, -0.25) is 14.4 Å². The number of halogens is 1. The summed E-state index contributed by atoms with van der Waals surface area (Å²) in [6.45, 7) is 1.89. The van der Waals surface area contributed by atoms with Crippen molar-refractivity contribution in [2.45, 2.75) is 57.2 Å². The van der Waals surface area contributed by atoms with E-state index in [-0.39, 0.29) is 31.2 Å². The standard InChI is InChI=1S/C29H30ClN5O4/c1-4-5-10-26(36)34(24(17-27(37)39-3)23-9-7-6-8-19(23)2)28(25-18-31-33-35(25)22-15-16-22)29(38)32-21-13-11-20(30)12-14-21/h1,6-9,11-14,18,22,24,28H,5,10,15-17H2,2-3H3,(H,32,38)/t24-,28?/m1/s1. The molecular weight excluding hydrogens is 518 g/mol. The van der Waals surface area contributed by atoms with Crippen LogP contribution >= 0.6 is 11.6 Å². The van der Waals surface area contributed by atoms with Gasteiger partial charge in [0.2, 0.25) is 5.91 Å². The van der Waals surface area contributed by atoms with Gasteiger partial charge < -0.3 is 15.0 Å². The topological polar surface area (TPSA) is 106 Å². The first-order valence-electron chi connectivity index (χ1n) is 12.7. The van der Waals surface area contributed by atoms with Crippen LogP contribution in [-0.2, 0) is 19.1 Å². The van der Waals surface area contributed by atoms with Crippen molar-refractivity contribution in [1.82, 2.24) is 19.9 Å². The highest BCUT2D eigenvalue weighted by molar-refractivity contribution is 6.30. The number of carbonyl (C=O) groups excluding carboxylic acids is 3. The molecule has 1 saturated carbocycles. The van der Waals surface area contributed by atoms with Crippen molar-refractivity contribution in [3.63, 3.8) is 0 Å². The van der Waals surface area contributed by atoms with E-state index in [1.165, 1.54) is 18.2 Å². The molecule has 4 rings (SSSR count). The van der Waals surface area contributed by atoms with Crippen LogP contribution in [0.1, 0.15) is 67.1 Å². The van der Waals surface area contributed by atoms with Gasteiger partial charge in [0.05, 0.1) is 37.5 Å². The predicted octanol–water partition coefficient (Wildman–Crippen LogP) is 4.80. The summed E-state index contributed by atoms with van der Waals surface area (Å²) in [7, 11) is 1.29. The third-order valence-electron chi connectivity index (χ3n) is 6.66. The van der Waals surface area contributed by atoms with Crippen molar-refractivity contribution in [2.75, 3.05) is 12.4 Å². The smallest absolute Gasteiger partial charge is 0.307 e. The first-order chi connectivity index (χ1) is 18.8. The van der Waals surface area contributed by atoms with E-state index in [0.717, 1.165) is 18.4 Å². The molecule has 0 spiro atoms. The lowest BCUT2D eigenvalue weighted by molar-refractivity contribution is -0.148. The lowest BCUT2D eigenvalue weighted by atomic mass is 9.94. The van der Waals surface area contributed by atoms with E-state index in [4.69, 9.17) is 22.8 Å². The monoisotopic (exact) mass is 547 g/mol. The summed E-state index contributed by atoms with van der Waals surface area (Å²) < 4.78 is 6.71. The minimum Gasteiger partial charge on any atom is -0.469 e. The highest BCUT2D eigenvalue weighted by atomic mass is 35.5. The number of esters is 1. The second-order valence-corrected chi connectivity index (χ2v) is 9.83. The number of benzene rings is 2. The molecule has 1 fully saturated rings. The largest absolute Gasteiger partial charge is 0.469 e. The zero-order chi connectivity index (χ0) is 27.9. The molecule has 39 heavy (non-hydrogen) atoms. The van der Waals surface area contributed by atoms with Crippen LogP contribution in [0.4, 0.5) is 5.69 Å². The fraction of sp³-hybridized carbons (Fsp3) is 0.345. The molecule has 9 nitrogen and oxygen atoms in total. The molecule has 0 aliphatic heterocycles. The van der Waals surface area contributed by atoms with Gasteiger partial charge in [0.1, 0.15) is 0 Å². The molecule has 10 heteroatoms. The van der Waals surface area contributed by atoms with Crippen LogP contribution in [-0.4, -0.2) is 44.8 Å². The summed E-state index contributed by atoms with van der Waals surface area (Å²) in [6, 6.07) is 12.2. The van der Waals surface area contributed by atoms with Crippen LogP contribution in [0, 0.1) is 19.3 Å². The Morgan fingerprint density at radius 3 is 2.56 bits per heavy atom. The first-order valence-corrected chi connectivity index (χ1v) is 13.0. The highest BCUT2D eigenvalue weighted by Gasteiger charge is 2.42. The molecule has 2 aromatic carbocycles. The zero-order valence-electron chi connectivity index (χ0n) is 21.8. The third kappa shape index (κ3) is 6.65. The summed E-state index contributed by atoms with van der Waals surface area (Å²) in [5.74, 6) is 1.11. The maximum absolute atomic E-state index is 14.1. The number of terminal acetylenes is 1. The van der Waals surface area contributed by atoms with E-state index in [0.29, 0.717) is 22.0 Å². The molecular formula is C29H30ClN5O4. The SMILES string of the molecule is C#CCCC(=O)N(C(C(=O)Nc1ccc(Cl)cc1)c1cnnn1C1CC1)[C@H](CC(=O)OC)c1ccccc1C. The number of ether oxygens (including phenoxy) is 1. The van der Waals surface area contributed by atoms with E-state index in [1.54, 1.807) is 28.9 Å². The van der Waals surface area contributed by atoms with Gasteiger partial charge in [-0.05, 0) is 55.2 Å². The van der Waals surface area contributed by atoms with Gasteiger partial charge in [-0.1, -0.05) is 41.1 Å². The summed E-state index contributed by atoms with van der Waals surface area (Å²) in [5, 5.41) is 11.8. The Balaban J connectivity index is 1.88. The molecule has 1 unspecified atom stereocenters. The number of methoxy groups -OCH3 is 1. The molecule has 1 aliphatic carbocycles. The second-order valence-electron chi connectivity index (χ2n) is 9.39. The first kappa shape index (κ1) is 27.9. The van der Waals surface area contributed by atoms with Gasteiger partial charge in [-0.2, -0.15) is 0 Å². The number of aromatic nitrogens is 3. The van der Waals surface area contributed by atoms with Gasteiger partial charge >= 0.3 is 5.97 Å². The summed E-state index contributed by atoms with van der Waals surface area (Å²) in [4.78, 5) is 42.2. The van der Waals surface area contributed by atoms with Gasteiger partial charge in [0.25, 0.3) is 5.91 Å². The molecule has 1 aliphatic rings. The molecule has 202 valence electrons. The number of nitrogens with zero attached hydrogens (tertiary/aromatic N) is 4. The van der Waals surface area contributed by atoms with Gasteiger partial charge in [-0.15, -0.1) is 17.4 Å². The van der Waals surface area contributed by atoms with E-state index < -0.39 is 24.0 Å². The number of nitrogens with one attached hydrogen (secondary N) is 1. The highest BCUT2D eigenvalue weighted by Crippen LogP contribution is 2.40. The Morgan fingerprint density at radius 1 is 1.21 bits per heavy atom. The molecule has 1 aromatic heterocycles. The Bertz CT molecular complexity index is 1380. The Kier molecular flexibility index (Phi) is 8.99. The zero-order valence-corrected chi connectivity index (χ0v) is 22.6. The van der Waals surface area contributed by atoms with Gasteiger partial charge in [0, 0.05) is 23.6 Å². The number of hydrogen-bond donors (Lipinski definition) is 1. The van der Waals surface area contributed by atoms with Gasteiger partial charge in [0.15, 0.2) is 6.04 Å². The van der Waals surface area contributed by atoms with Crippen molar-refractivity contribution in [3.05, 3.63) is 76.6 Å². The van der Waals surface area contributed by atoms with Crippen molar-refractivity contribution in [1.29, 1.82) is 0 Å². The van der Waals surface area contributed by atoms with E-state index in [2.05, 4.69) is 21.5 Å². The molecule has 0 radical (unpaired) electrons. The van der Waals surface area contributed by atoms with Crippen LogP contribution in [0.25, 0.3) is 0 Å². The number of hydrogen-bond acceptors (Lipinski definition) is 6. The average molecular weight is 548 g/mol. The molecule has 2 atom stereocenters. The minimum absolute atomic E-state index is 0.0181. The Labute approximate surface area is 232 Å². The summed E-state index contributed by atoms with van der Waals surface area (Å²) in [6.07, 6.45) is 8.75. The van der Waals surface area contributed by atoms with Crippen LogP contribution < -0.4 is 5.32 Å². The molecule has 3 aromatic rings. The van der Waals surface area contributed by atoms with Crippen LogP contribution in [0.15, 0.2) is 54.7 Å². The molecule has 1 N–H and O–H groups in total. The number of amides is 2. The van der Waals surface area contributed by atoms with Crippen LogP contribution in [0.3, 0.4) is 0 Å². The Morgan fingerprint density at radius 2 is 1.92 bits per heavy atom. The van der Waals surface area contributed by atoms with Crippen molar-refractivity contribution in [2.24, 2.45) is 0 Å². The average Bonchev–Trinajstić information content (AvgIpc) is 3.67. The quantitative estimate of drug-likeness (QED) is 0.273. The fourth-order valence-corrected chi connectivity index (χ4v) is 4.69. The molecule has 1 heterocycles. The number of rotatable bonds is 11. The number of anilines is 1. The van der Waals surface area contributed by atoms with Crippen molar-refractivity contribution in [3.8, 4) is 12.3 Å². The Hall–Kier alpha value is -4.16. The third-order valence-corrected chi connectivity index (χ3v) is 6.91. The molecule has 0 saturated heterocycles. The van der Waals surface area contributed by atoms with Crippen LogP contribution in [0.5, 0.6) is 0 Å². The maximum Gasteiger partial charge on any atom is 0.307 e. The fourth-order valence-electron chi connectivity index (χ4n) is 4.56. The van der Waals surface area contributed by atoms with E-state index in [1.807, 2.05) is 31.2 Å². The lowest BCUT2D eigenvalue weighted by Crippen LogP contribution is -2.45. The van der Waals surface area contributed by atoms with Crippen molar-refractivity contribution < 1.29 is 19.1 Å². The van der Waals surface area contributed by atoms with Crippen molar-refractivity contribution >= 4 is 35.1 Å². The van der Waals surface area contributed by atoms with Gasteiger partial charge in [-0.25, -0.2) is 4.68 Å². The van der Waals surface area contributed by atoms with Crippen LogP contribution in [0.2, 0.25) is 5.02 Å². The normalized spacial score (nSPS) is 14.1. The number of carbonyl (C=O) groups is 3. The second kappa shape index (κ2) is 12.6. The molecule has 0 bridgehead atoms. The van der Waals surface area contributed by atoms with E-state index >= 15 is 0 Å². The maximum atomic E-state index is 14.1. The van der Waals surface area contributed by atoms with E-state index in [9.17, 15) is 14.4 Å². The minimum atomic E-state index is -1.17. The predicted molar refractivity (Wildman–Crippen MR) is 147 cm³/mol. The lowest BCUT2D eigenvalue weighted by Gasteiger charge is -2.38. The summed E-state index contributed by atoms with van der Waals surface area (Å²) >= 11 is 6.04. The number of aryl methyl sites for hydroxylation is 1. The molecule has 2 amide bonds.